The van der Waals surface area contributed by atoms with Gasteiger partial charge in [-0.05, 0) is 19.8 Å². The number of aryl methyl sites for hydroxylation is 1. The molecule has 1 amide bonds. The van der Waals surface area contributed by atoms with E-state index in [1.165, 1.54) is 0 Å². The van der Waals surface area contributed by atoms with Gasteiger partial charge in [0.15, 0.2) is 5.82 Å². The number of carbonyl (C=O) groups is 1. The molecule has 0 atom stereocenters. The van der Waals surface area contributed by atoms with Crippen molar-refractivity contribution in [1.82, 2.24) is 5.16 Å². The van der Waals surface area contributed by atoms with Gasteiger partial charge in [-0.25, -0.2) is 0 Å². The predicted octanol–water partition coefficient (Wildman–Crippen LogP) is 1.44. The second-order valence-corrected chi connectivity index (χ2v) is 3.64. The fourth-order valence-corrected chi connectivity index (χ4v) is 1.24. The highest BCUT2D eigenvalue weighted by molar-refractivity contribution is 5.97. The Bertz CT molecular complexity index is 342. The molecule has 0 bridgehead atoms. The number of aromatic nitrogens is 1. The Morgan fingerprint density at radius 2 is 2.20 bits per heavy atom. The molecule has 0 radical (unpaired) electrons. The lowest BCUT2D eigenvalue weighted by molar-refractivity contribution is -0.121. The minimum Gasteiger partial charge on any atom is -0.360 e. The first-order valence-corrected chi connectivity index (χ1v) is 5.05. The van der Waals surface area contributed by atoms with Gasteiger partial charge in [-0.2, -0.15) is 0 Å². The molecule has 15 heavy (non-hydrogen) atoms. The van der Waals surface area contributed by atoms with Gasteiger partial charge in [-0.15, -0.1) is 0 Å². The molecular formula is C10H17N3O2. The van der Waals surface area contributed by atoms with Crippen LogP contribution in [-0.2, 0) is 4.79 Å². The maximum absolute atomic E-state index is 11.8. The van der Waals surface area contributed by atoms with Gasteiger partial charge in [0.25, 0.3) is 0 Å². The molecule has 0 fully saturated rings. The summed E-state index contributed by atoms with van der Waals surface area (Å²) < 4.78 is 4.84. The maximum atomic E-state index is 11.8. The summed E-state index contributed by atoms with van der Waals surface area (Å²) in [4.78, 5) is 11.8. The van der Waals surface area contributed by atoms with E-state index in [4.69, 9.17) is 10.3 Å². The zero-order valence-corrected chi connectivity index (χ0v) is 9.33. The van der Waals surface area contributed by atoms with E-state index in [2.05, 4.69) is 10.5 Å². The molecule has 0 saturated heterocycles. The lowest BCUT2D eigenvalue weighted by Crippen LogP contribution is -2.50. The average Bonchev–Trinajstić information content (AvgIpc) is 2.62. The van der Waals surface area contributed by atoms with Crippen molar-refractivity contribution in [2.24, 2.45) is 5.73 Å². The molecule has 0 aliphatic carbocycles. The maximum Gasteiger partial charge on any atom is 0.245 e. The Kier molecular flexibility index (Phi) is 3.47. The Hall–Kier alpha value is -1.36. The van der Waals surface area contributed by atoms with Gasteiger partial charge in [0, 0.05) is 6.07 Å². The molecule has 5 nitrogen and oxygen atoms in total. The number of anilines is 1. The van der Waals surface area contributed by atoms with Gasteiger partial charge in [0.1, 0.15) is 5.76 Å². The summed E-state index contributed by atoms with van der Waals surface area (Å²) in [6.45, 7) is 5.53. The highest BCUT2D eigenvalue weighted by atomic mass is 16.5. The van der Waals surface area contributed by atoms with Crippen molar-refractivity contribution in [3.05, 3.63) is 11.8 Å². The smallest absolute Gasteiger partial charge is 0.245 e. The van der Waals surface area contributed by atoms with Gasteiger partial charge < -0.3 is 15.6 Å². The number of nitrogens with two attached hydrogens (primary N) is 1. The van der Waals surface area contributed by atoms with Crippen molar-refractivity contribution in [2.45, 2.75) is 39.2 Å². The van der Waals surface area contributed by atoms with Gasteiger partial charge in [-0.3, -0.25) is 4.79 Å². The Balaban J connectivity index is 2.70. The van der Waals surface area contributed by atoms with Gasteiger partial charge in [0.05, 0.1) is 5.54 Å². The van der Waals surface area contributed by atoms with E-state index in [0.717, 1.165) is 0 Å². The van der Waals surface area contributed by atoms with E-state index in [0.29, 0.717) is 24.4 Å². The molecule has 84 valence electrons. The van der Waals surface area contributed by atoms with Crippen molar-refractivity contribution in [2.75, 3.05) is 5.32 Å². The number of amides is 1. The van der Waals surface area contributed by atoms with Crippen LogP contribution in [0.3, 0.4) is 0 Å². The van der Waals surface area contributed by atoms with Crippen LogP contribution in [0.5, 0.6) is 0 Å². The fourth-order valence-electron chi connectivity index (χ4n) is 1.24. The molecule has 1 aromatic heterocycles. The van der Waals surface area contributed by atoms with Crippen molar-refractivity contribution in [3.8, 4) is 0 Å². The zero-order valence-electron chi connectivity index (χ0n) is 9.33. The molecule has 3 N–H and O–H groups in total. The fraction of sp³-hybridized carbons (Fsp3) is 0.600. The molecule has 0 aromatic carbocycles. The van der Waals surface area contributed by atoms with E-state index < -0.39 is 5.54 Å². The van der Waals surface area contributed by atoms with Crippen LogP contribution < -0.4 is 11.1 Å². The lowest BCUT2D eigenvalue weighted by atomic mass is 9.93. The predicted molar refractivity (Wildman–Crippen MR) is 57.4 cm³/mol. The second-order valence-electron chi connectivity index (χ2n) is 3.64. The van der Waals surface area contributed by atoms with Gasteiger partial charge in [-0.1, -0.05) is 19.0 Å². The van der Waals surface area contributed by atoms with Crippen molar-refractivity contribution in [1.29, 1.82) is 0 Å². The summed E-state index contributed by atoms with van der Waals surface area (Å²) in [5.41, 5.74) is 5.10. The van der Waals surface area contributed by atoms with Crippen LogP contribution in [0, 0.1) is 6.92 Å². The van der Waals surface area contributed by atoms with Crippen LogP contribution in [0.15, 0.2) is 10.6 Å². The summed E-state index contributed by atoms with van der Waals surface area (Å²) in [5.74, 6) is 0.843. The number of carbonyl (C=O) groups excluding carboxylic acids is 1. The first-order chi connectivity index (χ1) is 7.01. The summed E-state index contributed by atoms with van der Waals surface area (Å²) in [7, 11) is 0. The molecule has 1 heterocycles. The highest BCUT2D eigenvalue weighted by Crippen LogP contribution is 2.15. The number of nitrogens with one attached hydrogen (secondary N) is 1. The van der Waals surface area contributed by atoms with Crippen molar-refractivity contribution < 1.29 is 9.32 Å². The third kappa shape index (κ3) is 2.56. The SMILES string of the molecule is CCC(N)(CC)C(=O)Nc1cc(C)on1. The quantitative estimate of drug-likeness (QED) is 0.789. The number of rotatable bonds is 4. The standard InChI is InChI=1S/C10H17N3O2/c1-4-10(11,5-2)9(14)12-8-6-7(3)15-13-8/h6H,4-5,11H2,1-3H3,(H,12,13,14). The van der Waals surface area contributed by atoms with E-state index in [-0.39, 0.29) is 5.91 Å². The molecule has 0 aliphatic rings. The van der Waals surface area contributed by atoms with Crippen LogP contribution in [0.1, 0.15) is 32.4 Å². The summed E-state index contributed by atoms with van der Waals surface area (Å²) in [5, 5.41) is 6.31. The minimum absolute atomic E-state index is 0.221. The van der Waals surface area contributed by atoms with Crippen LogP contribution >= 0.6 is 0 Å². The summed E-state index contributed by atoms with van der Waals surface area (Å²) in [6, 6.07) is 1.66. The van der Waals surface area contributed by atoms with Crippen LogP contribution in [0.25, 0.3) is 0 Å². The Morgan fingerprint density at radius 1 is 1.60 bits per heavy atom. The number of nitrogens with zero attached hydrogens (tertiary/aromatic N) is 1. The number of hydrogen-bond donors (Lipinski definition) is 2. The second kappa shape index (κ2) is 4.44. The normalized spacial score (nSPS) is 11.5. The topological polar surface area (TPSA) is 81.2 Å². The van der Waals surface area contributed by atoms with E-state index in [9.17, 15) is 4.79 Å². The zero-order chi connectivity index (χ0) is 11.5. The van der Waals surface area contributed by atoms with E-state index >= 15 is 0 Å². The average molecular weight is 211 g/mol. The Morgan fingerprint density at radius 3 is 2.60 bits per heavy atom. The molecule has 0 unspecified atom stereocenters. The molecular weight excluding hydrogens is 194 g/mol. The first kappa shape index (κ1) is 11.7. The first-order valence-electron chi connectivity index (χ1n) is 5.05. The summed E-state index contributed by atoms with van der Waals surface area (Å²) >= 11 is 0. The molecule has 1 aromatic rings. The van der Waals surface area contributed by atoms with E-state index in [1.54, 1.807) is 13.0 Å². The third-order valence-electron chi connectivity index (χ3n) is 2.58. The van der Waals surface area contributed by atoms with Crippen molar-refractivity contribution >= 4 is 11.7 Å². The van der Waals surface area contributed by atoms with Gasteiger partial charge >= 0.3 is 0 Å². The Labute approximate surface area is 89.0 Å². The molecule has 0 saturated carbocycles. The molecule has 5 heteroatoms. The monoisotopic (exact) mass is 211 g/mol. The largest absolute Gasteiger partial charge is 0.360 e. The highest BCUT2D eigenvalue weighted by Gasteiger charge is 2.30. The van der Waals surface area contributed by atoms with Crippen LogP contribution in [-0.4, -0.2) is 16.6 Å². The van der Waals surface area contributed by atoms with Crippen LogP contribution in [0.2, 0.25) is 0 Å². The van der Waals surface area contributed by atoms with Crippen LogP contribution in [0.4, 0.5) is 5.82 Å². The molecule has 1 rings (SSSR count). The van der Waals surface area contributed by atoms with E-state index in [1.807, 2.05) is 13.8 Å². The minimum atomic E-state index is -0.827. The summed E-state index contributed by atoms with van der Waals surface area (Å²) in [6.07, 6.45) is 1.18. The number of hydrogen-bond acceptors (Lipinski definition) is 4. The molecule has 0 aliphatic heterocycles. The molecule has 0 spiro atoms. The third-order valence-corrected chi connectivity index (χ3v) is 2.58. The van der Waals surface area contributed by atoms with Gasteiger partial charge in [0.2, 0.25) is 5.91 Å². The lowest BCUT2D eigenvalue weighted by Gasteiger charge is -2.24. The van der Waals surface area contributed by atoms with Crippen molar-refractivity contribution in [3.63, 3.8) is 0 Å².